The summed E-state index contributed by atoms with van der Waals surface area (Å²) >= 11 is 0. The van der Waals surface area contributed by atoms with Crippen molar-refractivity contribution in [2.24, 2.45) is 0 Å². The van der Waals surface area contributed by atoms with Gasteiger partial charge in [0.2, 0.25) is 0 Å². The predicted molar refractivity (Wildman–Crippen MR) is 68.4 cm³/mol. The summed E-state index contributed by atoms with van der Waals surface area (Å²) in [5.74, 6) is 0.346. The van der Waals surface area contributed by atoms with Crippen LogP contribution in [-0.4, -0.2) is 18.6 Å². The average Bonchev–Trinajstić information content (AvgIpc) is 2.90. The second-order valence-electron chi connectivity index (χ2n) is 4.38. The second-order valence-corrected chi connectivity index (χ2v) is 4.38. The number of carbonyl (C=O) groups is 1. The third-order valence-electron chi connectivity index (χ3n) is 3.05. The Labute approximate surface area is 107 Å². The molecule has 1 N–H and O–H groups in total. The predicted octanol–water partition coefficient (Wildman–Crippen LogP) is 2.69. The molecule has 0 spiro atoms. The Hall–Kier alpha value is -1.55. The van der Waals surface area contributed by atoms with E-state index in [1.807, 2.05) is 19.1 Å². The molecule has 1 aromatic rings. The van der Waals surface area contributed by atoms with Crippen molar-refractivity contribution in [3.05, 3.63) is 29.8 Å². The lowest BCUT2D eigenvalue weighted by Gasteiger charge is -2.13. The maximum Gasteiger partial charge on any atom is 0.278 e. The minimum Gasteiger partial charge on any atom is -0.493 e. The number of benzene rings is 1. The molecule has 1 fully saturated rings. The van der Waals surface area contributed by atoms with Crippen molar-refractivity contribution in [3.63, 3.8) is 0 Å². The van der Waals surface area contributed by atoms with Gasteiger partial charge in [0.1, 0.15) is 5.75 Å². The van der Waals surface area contributed by atoms with Gasteiger partial charge in [-0.05, 0) is 31.9 Å². The standard InChI is InChI=1S/C14H19NO3/c1-2-17-13-10-6-5-9-12(13)14(16)15-18-11-7-3-4-8-11/h5-6,9-11H,2-4,7-8H2,1H3,(H,15,16). The van der Waals surface area contributed by atoms with Gasteiger partial charge in [-0.3, -0.25) is 9.63 Å². The van der Waals surface area contributed by atoms with Crippen LogP contribution < -0.4 is 10.2 Å². The normalized spacial score (nSPS) is 15.6. The first-order chi connectivity index (χ1) is 8.81. The molecule has 0 bridgehead atoms. The number of hydrogen-bond donors (Lipinski definition) is 1. The molecule has 0 unspecified atom stereocenters. The first-order valence-electron chi connectivity index (χ1n) is 6.49. The zero-order chi connectivity index (χ0) is 12.8. The maximum absolute atomic E-state index is 12.0. The molecular weight excluding hydrogens is 230 g/mol. The lowest BCUT2D eigenvalue weighted by Crippen LogP contribution is -2.28. The van der Waals surface area contributed by atoms with Crippen LogP contribution in [-0.2, 0) is 4.84 Å². The van der Waals surface area contributed by atoms with Crippen LogP contribution in [0.2, 0.25) is 0 Å². The molecule has 1 amide bonds. The van der Waals surface area contributed by atoms with Crippen molar-refractivity contribution in [2.45, 2.75) is 38.7 Å². The fraction of sp³-hybridized carbons (Fsp3) is 0.500. The molecule has 98 valence electrons. The summed E-state index contributed by atoms with van der Waals surface area (Å²) < 4.78 is 5.41. The van der Waals surface area contributed by atoms with Crippen LogP contribution in [0.15, 0.2) is 24.3 Å². The van der Waals surface area contributed by atoms with Crippen molar-refractivity contribution < 1.29 is 14.4 Å². The van der Waals surface area contributed by atoms with Gasteiger partial charge in [-0.2, -0.15) is 0 Å². The van der Waals surface area contributed by atoms with Gasteiger partial charge in [0.25, 0.3) is 5.91 Å². The van der Waals surface area contributed by atoms with E-state index in [2.05, 4.69) is 5.48 Å². The first kappa shape index (κ1) is 12.9. The van der Waals surface area contributed by atoms with E-state index in [-0.39, 0.29) is 12.0 Å². The Bertz CT molecular complexity index is 400. The van der Waals surface area contributed by atoms with Gasteiger partial charge >= 0.3 is 0 Å². The quantitative estimate of drug-likeness (QED) is 0.816. The molecule has 0 aliphatic heterocycles. The van der Waals surface area contributed by atoms with Crippen molar-refractivity contribution in [2.75, 3.05) is 6.61 Å². The van der Waals surface area contributed by atoms with Gasteiger partial charge in [0.15, 0.2) is 0 Å². The number of amides is 1. The van der Waals surface area contributed by atoms with Crippen LogP contribution in [0.1, 0.15) is 43.0 Å². The number of nitrogens with one attached hydrogen (secondary N) is 1. The van der Waals surface area contributed by atoms with E-state index in [9.17, 15) is 4.79 Å². The Balaban J connectivity index is 1.94. The van der Waals surface area contributed by atoms with Gasteiger partial charge in [0, 0.05) is 0 Å². The highest BCUT2D eigenvalue weighted by molar-refractivity contribution is 5.96. The van der Waals surface area contributed by atoms with E-state index < -0.39 is 0 Å². The average molecular weight is 249 g/mol. The molecule has 0 saturated heterocycles. The SMILES string of the molecule is CCOc1ccccc1C(=O)NOC1CCCC1. The van der Waals surface area contributed by atoms with Gasteiger partial charge in [-0.1, -0.05) is 25.0 Å². The number of hydrogen-bond acceptors (Lipinski definition) is 3. The van der Waals surface area contributed by atoms with Crippen LogP contribution in [0.25, 0.3) is 0 Å². The fourth-order valence-corrected chi connectivity index (χ4v) is 2.13. The zero-order valence-corrected chi connectivity index (χ0v) is 10.6. The summed E-state index contributed by atoms with van der Waals surface area (Å²) in [6, 6.07) is 7.18. The highest BCUT2D eigenvalue weighted by atomic mass is 16.7. The molecule has 0 aromatic heterocycles. The first-order valence-corrected chi connectivity index (χ1v) is 6.49. The monoisotopic (exact) mass is 249 g/mol. The van der Waals surface area contributed by atoms with Gasteiger partial charge < -0.3 is 4.74 Å². The summed E-state index contributed by atoms with van der Waals surface area (Å²) in [4.78, 5) is 17.4. The van der Waals surface area contributed by atoms with Gasteiger partial charge in [-0.25, -0.2) is 5.48 Å². The highest BCUT2D eigenvalue weighted by Gasteiger charge is 2.18. The Morgan fingerprint density at radius 1 is 1.33 bits per heavy atom. The molecular formula is C14H19NO3. The van der Waals surface area contributed by atoms with Crippen molar-refractivity contribution in [3.8, 4) is 5.75 Å². The van der Waals surface area contributed by atoms with E-state index in [0.717, 1.165) is 12.8 Å². The number of para-hydroxylation sites is 1. The van der Waals surface area contributed by atoms with E-state index in [4.69, 9.17) is 9.57 Å². The Morgan fingerprint density at radius 3 is 2.78 bits per heavy atom. The molecule has 2 rings (SSSR count). The van der Waals surface area contributed by atoms with Crippen LogP contribution in [0, 0.1) is 0 Å². The summed E-state index contributed by atoms with van der Waals surface area (Å²) in [7, 11) is 0. The second kappa shape index (κ2) is 6.40. The fourth-order valence-electron chi connectivity index (χ4n) is 2.13. The number of rotatable bonds is 5. The molecule has 4 heteroatoms. The zero-order valence-electron chi connectivity index (χ0n) is 10.6. The van der Waals surface area contributed by atoms with Crippen molar-refractivity contribution in [1.82, 2.24) is 5.48 Å². The van der Waals surface area contributed by atoms with E-state index in [0.29, 0.717) is 17.9 Å². The summed E-state index contributed by atoms with van der Waals surface area (Å²) in [5.41, 5.74) is 3.03. The molecule has 1 aliphatic carbocycles. The van der Waals surface area contributed by atoms with Crippen LogP contribution in [0.5, 0.6) is 5.75 Å². The minimum atomic E-state index is -0.244. The molecule has 0 heterocycles. The van der Waals surface area contributed by atoms with Crippen molar-refractivity contribution in [1.29, 1.82) is 0 Å². The maximum atomic E-state index is 12.0. The topological polar surface area (TPSA) is 47.6 Å². The van der Waals surface area contributed by atoms with E-state index in [1.165, 1.54) is 12.8 Å². The van der Waals surface area contributed by atoms with Crippen LogP contribution >= 0.6 is 0 Å². The van der Waals surface area contributed by atoms with E-state index in [1.54, 1.807) is 12.1 Å². The van der Waals surface area contributed by atoms with Crippen LogP contribution in [0.4, 0.5) is 0 Å². The number of carbonyl (C=O) groups excluding carboxylic acids is 1. The largest absolute Gasteiger partial charge is 0.493 e. The lowest BCUT2D eigenvalue weighted by molar-refractivity contribution is -0.0126. The third kappa shape index (κ3) is 3.23. The molecule has 0 atom stereocenters. The molecule has 1 saturated carbocycles. The Morgan fingerprint density at radius 2 is 2.06 bits per heavy atom. The number of hydroxylamine groups is 1. The molecule has 18 heavy (non-hydrogen) atoms. The van der Waals surface area contributed by atoms with E-state index >= 15 is 0 Å². The lowest BCUT2D eigenvalue weighted by atomic mass is 10.2. The van der Waals surface area contributed by atoms with Gasteiger partial charge in [-0.15, -0.1) is 0 Å². The molecule has 1 aromatic carbocycles. The molecule has 0 radical (unpaired) electrons. The highest BCUT2D eigenvalue weighted by Crippen LogP contribution is 2.21. The summed E-state index contributed by atoms with van der Waals surface area (Å²) in [6.45, 7) is 2.43. The molecule has 4 nitrogen and oxygen atoms in total. The minimum absolute atomic E-state index is 0.160. The Kier molecular flexibility index (Phi) is 4.59. The van der Waals surface area contributed by atoms with Crippen molar-refractivity contribution >= 4 is 5.91 Å². The smallest absolute Gasteiger partial charge is 0.278 e. The van der Waals surface area contributed by atoms with Gasteiger partial charge in [0.05, 0.1) is 18.3 Å². The summed E-state index contributed by atoms with van der Waals surface area (Å²) in [5, 5.41) is 0. The summed E-state index contributed by atoms with van der Waals surface area (Å²) in [6.07, 6.45) is 4.56. The number of ether oxygens (including phenoxy) is 1. The third-order valence-corrected chi connectivity index (χ3v) is 3.05. The molecule has 1 aliphatic rings. The van der Waals surface area contributed by atoms with Crippen LogP contribution in [0.3, 0.4) is 0 Å².